The number of unbranched alkanes of at least 4 members (excludes halogenated alkanes) is 1. The van der Waals surface area contributed by atoms with Gasteiger partial charge in [-0.05, 0) is 87.7 Å². The van der Waals surface area contributed by atoms with Crippen molar-refractivity contribution in [2.45, 2.75) is 50.6 Å². The van der Waals surface area contributed by atoms with Crippen molar-refractivity contribution in [3.05, 3.63) is 107 Å². The summed E-state index contributed by atoms with van der Waals surface area (Å²) in [6.07, 6.45) is 7.51. The number of likely N-dealkylation sites (tertiary alicyclic amines) is 1. The summed E-state index contributed by atoms with van der Waals surface area (Å²) in [6, 6.07) is 19.0. The number of benzene rings is 3. The van der Waals surface area contributed by atoms with Crippen LogP contribution in [-0.4, -0.2) is 124 Å². The molecule has 0 spiro atoms. The highest BCUT2D eigenvalue weighted by atomic mass is 35.5. The Hall–Kier alpha value is -6.16. The second-order valence-corrected chi connectivity index (χ2v) is 16.4. The maximum absolute atomic E-state index is 13.8. The molecular formula is C45H46ClN9O6. The summed E-state index contributed by atoms with van der Waals surface area (Å²) in [6.45, 7) is 7.40. The first-order valence-corrected chi connectivity index (χ1v) is 21.3. The summed E-state index contributed by atoms with van der Waals surface area (Å²) >= 11 is 6.63. The average molecular weight is 844 g/mol. The maximum atomic E-state index is 13.8. The van der Waals surface area contributed by atoms with Gasteiger partial charge in [0.1, 0.15) is 35.3 Å². The number of hydrogen-bond acceptors (Lipinski definition) is 12. The van der Waals surface area contributed by atoms with Crippen LogP contribution >= 0.6 is 11.6 Å². The number of halogens is 1. The number of amides is 4. The molecule has 2 aromatic heterocycles. The molecule has 314 valence electrons. The fourth-order valence-electron chi connectivity index (χ4n) is 8.81. The normalized spacial score (nSPS) is 19.1. The smallest absolute Gasteiger partial charge is 0.262 e. The van der Waals surface area contributed by atoms with Crippen molar-refractivity contribution in [1.82, 2.24) is 35.0 Å². The van der Waals surface area contributed by atoms with E-state index in [1.165, 1.54) is 6.33 Å². The van der Waals surface area contributed by atoms with Crippen molar-refractivity contribution in [2.24, 2.45) is 0 Å². The number of aromatic nitrogens is 3. The summed E-state index contributed by atoms with van der Waals surface area (Å²) in [5.74, 6) is -0.354. The van der Waals surface area contributed by atoms with Crippen molar-refractivity contribution in [3.8, 4) is 11.5 Å². The molecule has 0 radical (unpaired) electrons. The predicted molar refractivity (Wildman–Crippen MR) is 229 cm³/mol. The van der Waals surface area contributed by atoms with E-state index in [1.807, 2.05) is 36.4 Å². The molecule has 3 N–H and O–H groups in total. The molecule has 3 saturated heterocycles. The van der Waals surface area contributed by atoms with Crippen LogP contribution < -0.4 is 20.3 Å². The number of nitrogens with zero attached hydrogens (tertiary/aromatic N) is 6. The van der Waals surface area contributed by atoms with Gasteiger partial charge >= 0.3 is 0 Å². The molecule has 0 saturated carbocycles. The number of rotatable bonds is 13. The van der Waals surface area contributed by atoms with E-state index in [9.17, 15) is 24.0 Å². The summed E-state index contributed by atoms with van der Waals surface area (Å²) in [5, 5.41) is 6.80. The van der Waals surface area contributed by atoms with E-state index in [2.05, 4.69) is 40.3 Å². The van der Waals surface area contributed by atoms with Crippen LogP contribution in [0, 0.1) is 0 Å². The second-order valence-electron chi connectivity index (χ2n) is 16.0. The van der Waals surface area contributed by atoms with Crippen LogP contribution in [0.4, 0.5) is 11.5 Å². The van der Waals surface area contributed by atoms with Crippen molar-refractivity contribution < 1.29 is 28.7 Å². The number of ketones is 1. The van der Waals surface area contributed by atoms with Gasteiger partial charge in [-0.2, -0.15) is 0 Å². The van der Waals surface area contributed by atoms with Gasteiger partial charge in [0.2, 0.25) is 11.8 Å². The molecule has 5 aromatic rings. The number of piperidine rings is 2. The number of fused-ring (bicyclic) bond motifs is 2. The van der Waals surface area contributed by atoms with E-state index in [4.69, 9.17) is 16.3 Å². The molecule has 3 fully saturated rings. The molecule has 9 rings (SSSR count). The molecule has 0 aliphatic carbocycles. The van der Waals surface area contributed by atoms with Crippen molar-refractivity contribution in [3.63, 3.8) is 0 Å². The minimum Gasteiger partial charge on any atom is -0.457 e. The minimum atomic E-state index is -0.972. The zero-order valence-electron chi connectivity index (χ0n) is 33.6. The Labute approximate surface area is 357 Å². The van der Waals surface area contributed by atoms with E-state index in [0.717, 1.165) is 88.6 Å². The van der Waals surface area contributed by atoms with Gasteiger partial charge in [-0.3, -0.25) is 39.1 Å². The van der Waals surface area contributed by atoms with Gasteiger partial charge in [0.05, 0.1) is 27.1 Å². The third-order valence-corrected chi connectivity index (χ3v) is 12.5. The van der Waals surface area contributed by atoms with Crippen LogP contribution in [0.3, 0.4) is 0 Å². The lowest BCUT2D eigenvalue weighted by atomic mass is 10.0. The number of para-hydroxylation sites is 1. The highest BCUT2D eigenvalue weighted by molar-refractivity contribution is 6.36. The number of nitrogens with one attached hydrogen (secondary N) is 3. The summed E-state index contributed by atoms with van der Waals surface area (Å²) in [4.78, 5) is 84.7. The topological polar surface area (TPSA) is 173 Å². The first-order chi connectivity index (χ1) is 29.7. The Kier molecular flexibility index (Phi) is 11.5. The molecule has 6 heterocycles. The quantitative estimate of drug-likeness (QED) is 0.0772. The van der Waals surface area contributed by atoms with Crippen LogP contribution in [0.2, 0.25) is 5.02 Å². The lowest BCUT2D eigenvalue weighted by Gasteiger charge is -2.36. The lowest BCUT2D eigenvalue weighted by molar-refractivity contribution is -0.136. The van der Waals surface area contributed by atoms with Gasteiger partial charge in [0, 0.05) is 75.2 Å². The molecule has 1 unspecified atom stereocenters. The molecular weight excluding hydrogens is 798 g/mol. The number of aromatic amines is 1. The number of carbonyl (C=O) groups excluding carboxylic acids is 5. The SMILES string of the molecule is O=C1CCC(N2C(=O)c3ccc(N4CCN(CCCCN5CCC(Nc6ncnc7[nH]cc(C(=O)c8ccc(Oc9ccccc9)cc8Cl)c67)CC5)CC4)cc3C2=O)C(=O)N1. The molecule has 4 amide bonds. The Morgan fingerprint density at radius 3 is 2.26 bits per heavy atom. The number of anilines is 2. The Bertz CT molecular complexity index is 2500. The van der Waals surface area contributed by atoms with Gasteiger partial charge in [-0.15, -0.1) is 0 Å². The summed E-state index contributed by atoms with van der Waals surface area (Å²) < 4.78 is 5.90. The fourth-order valence-corrected chi connectivity index (χ4v) is 9.07. The molecule has 15 nitrogen and oxygen atoms in total. The van der Waals surface area contributed by atoms with E-state index >= 15 is 0 Å². The number of carbonyl (C=O) groups is 5. The molecule has 4 aliphatic rings. The highest BCUT2D eigenvalue weighted by Gasteiger charge is 2.45. The maximum Gasteiger partial charge on any atom is 0.262 e. The summed E-state index contributed by atoms with van der Waals surface area (Å²) in [5.41, 5.74) is 2.88. The first kappa shape index (κ1) is 40.3. The number of imide groups is 2. The number of piperazine rings is 1. The first-order valence-electron chi connectivity index (χ1n) is 20.9. The monoisotopic (exact) mass is 843 g/mol. The van der Waals surface area contributed by atoms with Gasteiger partial charge in [0.25, 0.3) is 11.8 Å². The molecule has 3 aromatic carbocycles. The molecule has 0 bridgehead atoms. The van der Waals surface area contributed by atoms with Crippen molar-refractivity contribution in [2.75, 3.05) is 62.6 Å². The third-order valence-electron chi connectivity index (χ3n) is 12.2. The minimum absolute atomic E-state index is 0.0919. The number of ether oxygens (including phenoxy) is 1. The van der Waals surface area contributed by atoms with Crippen molar-refractivity contribution >= 4 is 63.6 Å². The van der Waals surface area contributed by atoms with E-state index in [-0.39, 0.29) is 24.7 Å². The zero-order valence-corrected chi connectivity index (χ0v) is 34.3. The summed E-state index contributed by atoms with van der Waals surface area (Å²) in [7, 11) is 0. The van der Waals surface area contributed by atoms with Crippen LogP contribution in [-0.2, 0) is 9.59 Å². The average Bonchev–Trinajstić information content (AvgIpc) is 3.82. The zero-order chi connectivity index (χ0) is 42.0. The molecule has 4 aliphatic heterocycles. The van der Waals surface area contributed by atoms with Gasteiger partial charge in [-0.1, -0.05) is 29.8 Å². The van der Waals surface area contributed by atoms with Crippen molar-refractivity contribution in [1.29, 1.82) is 0 Å². The van der Waals surface area contributed by atoms with Crippen LogP contribution in [0.5, 0.6) is 11.5 Å². The Morgan fingerprint density at radius 1 is 0.787 bits per heavy atom. The van der Waals surface area contributed by atoms with Gasteiger partial charge in [-0.25, -0.2) is 9.97 Å². The Balaban J connectivity index is 0.718. The van der Waals surface area contributed by atoms with Gasteiger partial charge in [0.15, 0.2) is 5.78 Å². The largest absolute Gasteiger partial charge is 0.457 e. The highest BCUT2D eigenvalue weighted by Crippen LogP contribution is 2.33. The van der Waals surface area contributed by atoms with Crippen LogP contribution in [0.25, 0.3) is 11.0 Å². The van der Waals surface area contributed by atoms with E-state index < -0.39 is 29.7 Å². The predicted octanol–water partition coefficient (Wildman–Crippen LogP) is 5.51. The fraction of sp³-hybridized carbons (Fsp3) is 0.356. The number of hydrogen-bond donors (Lipinski definition) is 3. The lowest BCUT2D eigenvalue weighted by Crippen LogP contribution is -2.54. The Morgan fingerprint density at radius 2 is 1.52 bits per heavy atom. The third kappa shape index (κ3) is 8.45. The number of H-pyrrole nitrogens is 1. The standard InChI is InChI=1S/C45H46ClN9O6/c46-36-25-31(61-30-6-2-1-3-7-30)9-11-33(36)40(57)35-26-47-41-39(35)42(49-27-48-41)50-28-14-18-52(19-15-28)16-4-5-17-53-20-22-54(23-21-53)29-8-10-32-34(24-29)45(60)55(44(32)59)37-12-13-38(56)51-43(37)58/h1-3,6-11,24-28,37H,4-5,12-23H2,(H,51,56,58)(H2,47,48,49,50). The van der Waals surface area contributed by atoms with E-state index in [1.54, 1.807) is 36.5 Å². The second kappa shape index (κ2) is 17.4. The van der Waals surface area contributed by atoms with Gasteiger partial charge < -0.3 is 24.8 Å². The molecule has 16 heteroatoms. The van der Waals surface area contributed by atoms with E-state index in [0.29, 0.717) is 55.6 Å². The molecule has 61 heavy (non-hydrogen) atoms. The van der Waals surface area contributed by atoms with Crippen LogP contribution in [0.15, 0.2) is 79.3 Å². The van der Waals surface area contributed by atoms with Crippen LogP contribution in [0.1, 0.15) is 75.2 Å². The molecule has 1 atom stereocenters.